The Morgan fingerprint density at radius 1 is 0.895 bits per heavy atom. The van der Waals surface area contributed by atoms with E-state index in [2.05, 4.69) is 16.5 Å². The molecule has 0 aromatic heterocycles. The van der Waals surface area contributed by atoms with Crippen LogP contribution >= 0.6 is 11.8 Å². The van der Waals surface area contributed by atoms with E-state index in [1.54, 1.807) is 11.8 Å². The van der Waals surface area contributed by atoms with Gasteiger partial charge in [0.15, 0.2) is 0 Å². The van der Waals surface area contributed by atoms with Gasteiger partial charge < -0.3 is 4.74 Å². The van der Waals surface area contributed by atoms with Crippen LogP contribution in [-0.4, -0.2) is 18.6 Å². The predicted molar refractivity (Wildman–Crippen MR) is 80.9 cm³/mol. The summed E-state index contributed by atoms with van der Waals surface area (Å²) in [6.45, 7) is 0.728. The van der Waals surface area contributed by atoms with E-state index in [0.29, 0.717) is 0 Å². The van der Waals surface area contributed by atoms with Crippen molar-refractivity contribution in [1.82, 2.24) is 0 Å². The molecule has 0 amide bonds. The molecule has 2 aromatic rings. The van der Waals surface area contributed by atoms with E-state index < -0.39 is 0 Å². The van der Waals surface area contributed by atoms with Gasteiger partial charge in [-0.2, -0.15) is 22.0 Å². The van der Waals surface area contributed by atoms with Gasteiger partial charge in [-0.05, 0) is 42.7 Å². The van der Waals surface area contributed by atoms with E-state index in [0.717, 1.165) is 29.5 Å². The Kier molecular flexibility index (Phi) is 5.44. The molecule has 4 heteroatoms. The van der Waals surface area contributed by atoms with Crippen molar-refractivity contribution in [2.45, 2.75) is 0 Å². The van der Waals surface area contributed by atoms with E-state index in [9.17, 15) is 0 Å². The molecular formula is C15H16N2OS. The number of rotatable bonds is 6. The molecule has 0 radical (unpaired) electrons. The van der Waals surface area contributed by atoms with Gasteiger partial charge in [-0.25, -0.2) is 0 Å². The van der Waals surface area contributed by atoms with Gasteiger partial charge in [0.2, 0.25) is 0 Å². The summed E-state index contributed by atoms with van der Waals surface area (Å²) in [5.74, 6) is 1.86. The van der Waals surface area contributed by atoms with Crippen molar-refractivity contribution in [3.8, 4) is 5.75 Å². The molecule has 0 spiro atoms. The first-order valence-electron chi connectivity index (χ1n) is 6.07. The largest absolute Gasteiger partial charge is 0.493 e. The second kappa shape index (κ2) is 7.59. The predicted octanol–water partition coefficient (Wildman–Crippen LogP) is 4.84. The number of nitrogens with zero attached hydrogens (tertiary/aromatic N) is 2. The quantitative estimate of drug-likeness (QED) is 0.556. The van der Waals surface area contributed by atoms with Gasteiger partial charge in [0.05, 0.1) is 18.0 Å². The summed E-state index contributed by atoms with van der Waals surface area (Å²) in [6.07, 6.45) is 2.07. The second-order valence-electron chi connectivity index (χ2n) is 3.87. The van der Waals surface area contributed by atoms with Crippen LogP contribution in [0.15, 0.2) is 64.8 Å². The first-order chi connectivity index (χ1) is 9.38. The molecule has 98 valence electrons. The smallest absolute Gasteiger partial charge is 0.119 e. The van der Waals surface area contributed by atoms with Crippen LogP contribution in [0.25, 0.3) is 0 Å². The Bertz CT molecular complexity index is 511. The number of benzene rings is 2. The summed E-state index contributed by atoms with van der Waals surface area (Å²) in [7, 11) is 0. The third-order valence-corrected chi connectivity index (χ3v) is 3.00. The van der Waals surface area contributed by atoms with Crippen LogP contribution in [0.5, 0.6) is 5.75 Å². The second-order valence-corrected chi connectivity index (χ2v) is 4.86. The van der Waals surface area contributed by atoms with E-state index in [1.165, 1.54) is 0 Å². The minimum absolute atomic E-state index is 0.728. The lowest BCUT2D eigenvalue weighted by Gasteiger charge is -2.04. The summed E-state index contributed by atoms with van der Waals surface area (Å²) in [6, 6.07) is 17.3. The maximum absolute atomic E-state index is 5.57. The average molecular weight is 272 g/mol. The zero-order valence-corrected chi connectivity index (χ0v) is 11.6. The van der Waals surface area contributed by atoms with E-state index >= 15 is 0 Å². The van der Waals surface area contributed by atoms with Crippen LogP contribution in [0.4, 0.5) is 11.4 Å². The van der Waals surface area contributed by atoms with Crippen LogP contribution in [0, 0.1) is 0 Å². The summed E-state index contributed by atoms with van der Waals surface area (Å²) in [5.41, 5.74) is 1.67. The molecule has 0 fully saturated rings. The molecular weight excluding hydrogens is 256 g/mol. The summed E-state index contributed by atoms with van der Waals surface area (Å²) >= 11 is 1.77. The van der Waals surface area contributed by atoms with Gasteiger partial charge >= 0.3 is 0 Å². The standard InChI is InChI=1S/C15H16N2OS/c1-19-12-11-18-15-9-7-14(8-10-15)17-16-13-5-3-2-4-6-13/h2-10H,11-12H2,1H3. The molecule has 0 N–H and O–H groups in total. The number of hydrogen-bond acceptors (Lipinski definition) is 4. The van der Waals surface area contributed by atoms with Crippen molar-refractivity contribution in [2.75, 3.05) is 18.6 Å². The molecule has 0 bridgehead atoms. The number of azo groups is 1. The zero-order valence-electron chi connectivity index (χ0n) is 10.8. The summed E-state index contributed by atoms with van der Waals surface area (Å²) in [5, 5.41) is 8.34. The molecule has 0 aliphatic rings. The maximum Gasteiger partial charge on any atom is 0.119 e. The van der Waals surface area contributed by atoms with Crippen LogP contribution in [0.1, 0.15) is 0 Å². The van der Waals surface area contributed by atoms with E-state index in [-0.39, 0.29) is 0 Å². The molecule has 0 saturated heterocycles. The van der Waals surface area contributed by atoms with Crippen molar-refractivity contribution in [3.63, 3.8) is 0 Å². The molecule has 2 rings (SSSR count). The molecule has 3 nitrogen and oxygen atoms in total. The fourth-order valence-corrected chi connectivity index (χ4v) is 1.71. The minimum atomic E-state index is 0.728. The topological polar surface area (TPSA) is 34.0 Å². The lowest BCUT2D eigenvalue weighted by Crippen LogP contribution is -1.98. The SMILES string of the molecule is CSCCOc1ccc(N=Nc2ccccc2)cc1. The molecule has 19 heavy (non-hydrogen) atoms. The molecule has 0 aliphatic carbocycles. The third-order valence-electron chi connectivity index (χ3n) is 2.43. The lowest BCUT2D eigenvalue weighted by molar-refractivity contribution is 0.344. The van der Waals surface area contributed by atoms with Crippen LogP contribution in [0.3, 0.4) is 0 Å². The van der Waals surface area contributed by atoms with Crippen LogP contribution < -0.4 is 4.74 Å². The van der Waals surface area contributed by atoms with Crippen molar-refractivity contribution in [3.05, 3.63) is 54.6 Å². The Labute approximate surface area is 117 Å². The van der Waals surface area contributed by atoms with Gasteiger partial charge in [0, 0.05) is 5.75 Å². The summed E-state index contributed by atoms with van der Waals surface area (Å²) < 4.78 is 5.57. The van der Waals surface area contributed by atoms with Gasteiger partial charge in [-0.15, -0.1) is 0 Å². The highest BCUT2D eigenvalue weighted by atomic mass is 32.2. The monoisotopic (exact) mass is 272 g/mol. The van der Waals surface area contributed by atoms with Gasteiger partial charge in [-0.1, -0.05) is 18.2 Å². The maximum atomic E-state index is 5.57. The Morgan fingerprint density at radius 2 is 1.53 bits per heavy atom. The van der Waals surface area contributed by atoms with Crippen LogP contribution in [-0.2, 0) is 0 Å². The normalized spacial score (nSPS) is 10.8. The van der Waals surface area contributed by atoms with Crippen LogP contribution in [0.2, 0.25) is 0 Å². The molecule has 2 aromatic carbocycles. The lowest BCUT2D eigenvalue weighted by atomic mass is 10.3. The third kappa shape index (κ3) is 4.75. The van der Waals surface area contributed by atoms with Crippen molar-refractivity contribution >= 4 is 23.1 Å². The van der Waals surface area contributed by atoms with Gasteiger partial charge in [0.25, 0.3) is 0 Å². The Morgan fingerprint density at radius 3 is 2.16 bits per heavy atom. The highest BCUT2D eigenvalue weighted by Crippen LogP contribution is 2.21. The highest BCUT2D eigenvalue weighted by Gasteiger charge is 1.94. The molecule has 0 atom stereocenters. The van der Waals surface area contributed by atoms with Gasteiger partial charge in [-0.3, -0.25) is 0 Å². The van der Waals surface area contributed by atoms with E-state index in [4.69, 9.17) is 4.74 Å². The summed E-state index contributed by atoms with van der Waals surface area (Å²) in [4.78, 5) is 0. The van der Waals surface area contributed by atoms with E-state index in [1.807, 2.05) is 54.6 Å². The molecule has 0 heterocycles. The Hall–Kier alpha value is -1.81. The Balaban J connectivity index is 1.93. The van der Waals surface area contributed by atoms with Crippen molar-refractivity contribution in [1.29, 1.82) is 0 Å². The minimum Gasteiger partial charge on any atom is -0.493 e. The first-order valence-corrected chi connectivity index (χ1v) is 7.46. The van der Waals surface area contributed by atoms with Crippen molar-refractivity contribution < 1.29 is 4.74 Å². The molecule has 0 saturated carbocycles. The molecule has 0 aliphatic heterocycles. The van der Waals surface area contributed by atoms with Crippen molar-refractivity contribution in [2.24, 2.45) is 10.2 Å². The number of thioether (sulfide) groups is 1. The zero-order chi connectivity index (χ0) is 13.3. The number of ether oxygens (including phenoxy) is 1. The fourth-order valence-electron chi connectivity index (χ4n) is 1.46. The molecule has 0 unspecified atom stereocenters. The highest BCUT2D eigenvalue weighted by molar-refractivity contribution is 7.98. The number of hydrogen-bond donors (Lipinski definition) is 0. The first kappa shape index (κ1) is 13.6. The fraction of sp³-hybridized carbons (Fsp3) is 0.200. The average Bonchev–Trinajstić information content (AvgIpc) is 2.48. The van der Waals surface area contributed by atoms with Gasteiger partial charge in [0.1, 0.15) is 5.75 Å².